The molecular weight excluding hydrogens is 323 g/mol. The first-order valence-electron chi connectivity index (χ1n) is 7.16. The smallest absolute Gasteiger partial charge is 0.394 e. The number of nitrogens with zero attached hydrogens (tertiary/aromatic N) is 1. The third-order valence-corrected chi connectivity index (χ3v) is 3.65. The van der Waals surface area contributed by atoms with Gasteiger partial charge in [0.25, 0.3) is 5.92 Å². The Morgan fingerprint density at radius 3 is 2.61 bits per heavy atom. The molecule has 0 aromatic rings. The van der Waals surface area contributed by atoms with E-state index in [1.165, 1.54) is 7.11 Å². The molecule has 0 aromatic heterocycles. The monoisotopic (exact) mass is 344 g/mol. The third kappa shape index (κ3) is 5.13. The van der Waals surface area contributed by atoms with E-state index in [2.05, 4.69) is 4.99 Å². The van der Waals surface area contributed by atoms with Gasteiger partial charge in [-0.2, -0.15) is 13.2 Å². The molecule has 1 rings (SSSR count). The van der Waals surface area contributed by atoms with Crippen LogP contribution in [0.2, 0.25) is 0 Å². The number of rotatable bonds is 5. The average Bonchev–Trinajstić information content (AvgIpc) is 2.42. The Hall–Kier alpha value is -1.22. The number of nitrogens with two attached hydrogens (primary N) is 1. The number of aliphatic hydroxyl groups is 1. The van der Waals surface area contributed by atoms with Gasteiger partial charge in [0, 0.05) is 38.0 Å². The SMILES string of the molecule is COCC(C)CCN=C1CCC(F)(F)C(O)/C1=C(/N)C(F)(F)F. The van der Waals surface area contributed by atoms with Gasteiger partial charge in [-0.15, -0.1) is 0 Å². The minimum absolute atomic E-state index is 0.117. The number of alkyl halides is 5. The van der Waals surface area contributed by atoms with Crippen molar-refractivity contribution < 1.29 is 31.8 Å². The number of aliphatic imine (C=N–C) groups is 1. The molecule has 1 saturated carbocycles. The van der Waals surface area contributed by atoms with Gasteiger partial charge < -0.3 is 15.6 Å². The van der Waals surface area contributed by atoms with E-state index in [1.54, 1.807) is 0 Å². The Balaban J connectivity index is 3.05. The molecule has 0 spiro atoms. The van der Waals surface area contributed by atoms with E-state index in [9.17, 15) is 27.1 Å². The summed E-state index contributed by atoms with van der Waals surface area (Å²) in [6.07, 6.45) is -8.23. The van der Waals surface area contributed by atoms with Crippen molar-refractivity contribution in [1.29, 1.82) is 0 Å². The highest BCUT2D eigenvalue weighted by molar-refractivity contribution is 6.02. The highest BCUT2D eigenvalue weighted by Crippen LogP contribution is 2.39. The standard InChI is InChI=1S/C14H21F5N2O2/c1-8(7-23-2)4-6-21-9-3-5-13(15,16)12(22)10(9)11(20)14(17,18)19/h8,12,22H,3-7,20H2,1-2H3/b11-10+,21-9?. The molecule has 134 valence electrons. The van der Waals surface area contributed by atoms with Crippen LogP contribution in [-0.2, 0) is 4.74 Å². The lowest BCUT2D eigenvalue weighted by atomic mass is 9.85. The maximum absolute atomic E-state index is 13.5. The molecule has 9 heteroatoms. The van der Waals surface area contributed by atoms with Crippen LogP contribution in [0.25, 0.3) is 0 Å². The molecule has 3 N–H and O–H groups in total. The van der Waals surface area contributed by atoms with Gasteiger partial charge in [-0.1, -0.05) is 6.92 Å². The summed E-state index contributed by atoms with van der Waals surface area (Å²) in [5.41, 5.74) is 2.04. The molecule has 0 aliphatic heterocycles. The molecule has 1 fully saturated rings. The summed E-state index contributed by atoms with van der Waals surface area (Å²) in [6, 6.07) is 0. The predicted octanol–water partition coefficient (Wildman–Crippen LogP) is 2.67. The molecule has 2 atom stereocenters. The predicted molar refractivity (Wildman–Crippen MR) is 75.4 cm³/mol. The van der Waals surface area contributed by atoms with E-state index < -0.39 is 35.9 Å². The van der Waals surface area contributed by atoms with Crippen LogP contribution in [-0.4, -0.2) is 49.3 Å². The van der Waals surface area contributed by atoms with E-state index >= 15 is 0 Å². The quantitative estimate of drug-likeness (QED) is 0.754. The number of methoxy groups -OCH3 is 1. The van der Waals surface area contributed by atoms with Crippen LogP contribution >= 0.6 is 0 Å². The lowest BCUT2D eigenvalue weighted by Gasteiger charge is -2.32. The molecule has 1 aliphatic rings. The van der Waals surface area contributed by atoms with Gasteiger partial charge in [-0.05, 0) is 18.8 Å². The first-order chi connectivity index (χ1) is 10.5. The summed E-state index contributed by atoms with van der Waals surface area (Å²) in [5.74, 6) is -3.54. The van der Waals surface area contributed by atoms with Crippen LogP contribution in [0.1, 0.15) is 26.2 Å². The summed E-state index contributed by atoms with van der Waals surface area (Å²) < 4.78 is 70.3. The van der Waals surface area contributed by atoms with Crippen molar-refractivity contribution >= 4 is 5.71 Å². The second-order valence-electron chi connectivity index (χ2n) is 5.67. The molecule has 1 aliphatic carbocycles. The molecule has 0 aromatic carbocycles. The maximum atomic E-state index is 13.5. The van der Waals surface area contributed by atoms with Gasteiger partial charge in [0.2, 0.25) is 0 Å². The number of hydrogen-bond acceptors (Lipinski definition) is 4. The number of allylic oxidation sites excluding steroid dienone is 1. The number of halogens is 5. The first-order valence-corrected chi connectivity index (χ1v) is 7.16. The van der Waals surface area contributed by atoms with E-state index in [-0.39, 0.29) is 24.6 Å². The Labute approximate surface area is 131 Å². The minimum Gasteiger partial charge on any atom is -0.394 e. The summed E-state index contributed by atoms with van der Waals surface area (Å²) in [6.45, 7) is 2.47. The van der Waals surface area contributed by atoms with Crippen LogP contribution in [0.5, 0.6) is 0 Å². The lowest BCUT2D eigenvalue weighted by Crippen LogP contribution is -2.45. The second-order valence-corrected chi connectivity index (χ2v) is 5.67. The van der Waals surface area contributed by atoms with Crippen molar-refractivity contribution in [3.05, 3.63) is 11.3 Å². The Morgan fingerprint density at radius 1 is 1.48 bits per heavy atom. The number of aliphatic hydroxyl groups excluding tert-OH is 1. The third-order valence-electron chi connectivity index (χ3n) is 3.65. The van der Waals surface area contributed by atoms with Gasteiger partial charge in [0.05, 0.1) is 0 Å². The Morgan fingerprint density at radius 2 is 2.09 bits per heavy atom. The molecule has 0 amide bonds. The fourth-order valence-corrected chi connectivity index (χ4v) is 2.33. The summed E-state index contributed by atoms with van der Waals surface area (Å²) in [7, 11) is 1.52. The Bertz CT molecular complexity index is 474. The van der Waals surface area contributed by atoms with E-state index in [0.717, 1.165) is 0 Å². The minimum atomic E-state index is -5.01. The fraction of sp³-hybridized carbons (Fsp3) is 0.786. The van der Waals surface area contributed by atoms with Gasteiger partial charge in [0.1, 0.15) is 11.8 Å². The number of hydrogen-bond donors (Lipinski definition) is 2. The van der Waals surface area contributed by atoms with Gasteiger partial charge in [0.15, 0.2) is 0 Å². The first kappa shape index (κ1) is 19.8. The highest BCUT2D eigenvalue weighted by atomic mass is 19.4. The normalized spacial score (nSPS) is 27.1. The fourth-order valence-electron chi connectivity index (χ4n) is 2.33. The van der Waals surface area contributed by atoms with E-state index in [0.29, 0.717) is 13.0 Å². The maximum Gasteiger partial charge on any atom is 0.431 e. The zero-order valence-electron chi connectivity index (χ0n) is 13.0. The molecule has 4 nitrogen and oxygen atoms in total. The van der Waals surface area contributed by atoms with Crippen molar-refractivity contribution in [1.82, 2.24) is 0 Å². The van der Waals surface area contributed by atoms with Crippen LogP contribution in [0.15, 0.2) is 16.3 Å². The molecular formula is C14H21F5N2O2. The highest BCUT2D eigenvalue weighted by Gasteiger charge is 2.49. The molecule has 0 saturated heterocycles. The second kappa shape index (κ2) is 7.57. The van der Waals surface area contributed by atoms with Crippen LogP contribution in [0.4, 0.5) is 22.0 Å². The zero-order chi connectivity index (χ0) is 17.8. The topological polar surface area (TPSA) is 67.8 Å². The largest absolute Gasteiger partial charge is 0.431 e. The Kier molecular flexibility index (Phi) is 6.52. The number of ether oxygens (including phenoxy) is 1. The summed E-state index contributed by atoms with van der Waals surface area (Å²) >= 11 is 0. The van der Waals surface area contributed by atoms with Gasteiger partial charge in [-0.3, -0.25) is 4.99 Å². The van der Waals surface area contributed by atoms with E-state index in [1.807, 2.05) is 6.92 Å². The molecule has 2 unspecified atom stereocenters. The van der Waals surface area contributed by atoms with E-state index in [4.69, 9.17) is 10.5 Å². The van der Waals surface area contributed by atoms with Crippen LogP contribution in [0, 0.1) is 5.92 Å². The average molecular weight is 344 g/mol. The van der Waals surface area contributed by atoms with Crippen molar-refractivity contribution in [3.8, 4) is 0 Å². The molecule has 23 heavy (non-hydrogen) atoms. The van der Waals surface area contributed by atoms with Crippen molar-refractivity contribution in [2.45, 2.75) is 44.4 Å². The molecule has 0 radical (unpaired) electrons. The molecule has 0 bridgehead atoms. The van der Waals surface area contributed by atoms with Gasteiger partial charge in [-0.25, -0.2) is 8.78 Å². The molecule has 0 heterocycles. The van der Waals surface area contributed by atoms with Gasteiger partial charge >= 0.3 is 6.18 Å². The van der Waals surface area contributed by atoms with Crippen molar-refractivity contribution in [2.24, 2.45) is 16.6 Å². The summed E-state index contributed by atoms with van der Waals surface area (Å²) in [4.78, 5) is 3.97. The summed E-state index contributed by atoms with van der Waals surface area (Å²) in [5, 5.41) is 9.60. The zero-order valence-corrected chi connectivity index (χ0v) is 13.0. The van der Waals surface area contributed by atoms with Crippen LogP contribution < -0.4 is 5.73 Å². The van der Waals surface area contributed by atoms with Crippen LogP contribution in [0.3, 0.4) is 0 Å². The van der Waals surface area contributed by atoms with Crippen molar-refractivity contribution in [2.75, 3.05) is 20.3 Å². The van der Waals surface area contributed by atoms with Crippen molar-refractivity contribution in [3.63, 3.8) is 0 Å². The lowest BCUT2D eigenvalue weighted by molar-refractivity contribution is -0.110.